The maximum absolute atomic E-state index is 9.13. The molecule has 2 N–H and O–H groups in total. The van der Waals surface area contributed by atoms with Gasteiger partial charge in [0.1, 0.15) is 5.01 Å². The summed E-state index contributed by atoms with van der Waals surface area (Å²) >= 11 is 1.62. The number of hydrogen-bond acceptors (Lipinski definition) is 3. The van der Waals surface area contributed by atoms with E-state index in [2.05, 4.69) is 9.97 Å². The Kier molecular flexibility index (Phi) is 2.23. The lowest BCUT2D eigenvalue weighted by Crippen LogP contribution is -1.82. The highest BCUT2D eigenvalue weighted by molar-refractivity contribution is 7.13. The maximum Gasteiger partial charge on any atom is 0.125 e. The number of thiazole rings is 1. The van der Waals surface area contributed by atoms with Crippen molar-refractivity contribution in [2.24, 2.45) is 0 Å². The highest BCUT2D eigenvalue weighted by atomic mass is 32.1. The zero-order chi connectivity index (χ0) is 11.0. The molecule has 0 atom stereocenters. The molecule has 2 heterocycles. The summed E-state index contributed by atoms with van der Waals surface area (Å²) in [7, 11) is 0. The second kappa shape index (κ2) is 3.73. The van der Waals surface area contributed by atoms with E-state index in [1.54, 1.807) is 17.5 Å². The number of nitrogens with one attached hydrogen (secondary N) is 1. The van der Waals surface area contributed by atoms with E-state index in [0.717, 1.165) is 27.0 Å². The van der Waals surface area contributed by atoms with Gasteiger partial charge in [0.05, 0.1) is 6.61 Å². The van der Waals surface area contributed by atoms with Crippen molar-refractivity contribution in [1.82, 2.24) is 9.97 Å². The van der Waals surface area contributed by atoms with Crippen LogP contribution < -0.4 is 0 Å². The molecule has 0 aliphatic carbocycles. The van der Waals surface area contributed by atoms with Crippen molar-refractivity contribution < 1.29 is 5.11 Å². The first-order chi connectivity index (χ1) is 7.88. The normalized spacial score (nSPS) is 11.1. The van der Waals surface area contributed by atoms with Gasteiger partial charge in [-0.05, 0) is 17.7 Å². The van der Waals surface area contributed by atoms with Gasteiger partial charge in [0.25, 0.3) is 0 Å². The van der Waals surface area contributed by atoms with E-state index in [9.17, 15) is 0 Å². The molecular formula is C12H10N2OS. The molecular weight excluding hydrogens is 220 g/mol. The van der Waals surface area contributed by atoms with Gasteiger partial charge in [-0.25, -0.2) is 4.98 Å². The maximum atomic E-state index is 9.13. The monoisotopic (exact) mass is 230 g/mol. The minimum atomic E-state index is 0.0679. The highest BCUT2D eigenvalue weighted by Gasteiger charge is 2.08. The molecule has 0 saturated carbocycles. The first-order valence-corrected chi connectivity index (χ1v) is 5.87. The van der Waals surface area contributed by atoms with Crippen molar-refractivity contribution in [3.05, 3.63) is 41.5 Å². The van der Waals surface area contributed by atoms with Crippen LogP contribution in [0.4, 0.5) is 0 Å². The summed E-state index contributed by atoms with van der Waals surface area (Å²) in [6.45, 7) is 0.0679. The molecule has 2 aromatic heterocycles. The summed E-state index contributed by atoms with van der Waals surface area (Å²) in [4.78, 5) is 7.51. The number of fused-ring (bicyclic) bond motifs is 1. The van der Waals surface area contributed by atoms with Crippen LogP contribution in [0.2, 0.25) is 0 Å². The summed E-state index contributed by atoms with van der Waals surface area (Å²) in [6, 6.07) is 5.91. The Labute approximate surface area is 96.4 Å². The number of nitrogens with zero attached hydrogens (tertiary/aromatic N) is 1. The van der Waals surface area contributed by atoms with Crippen LogP contribution in [0.15, 0.2) is 36.0 Å². The number of aromatic amines is 1. The van der Waals surface area contributed by atoms with E-state index in [0.29, 0.717) is 0 Å². The third-order valence-electron chi connectivity index (χ3n) is 2.59. The molecule has 1 aromatic carbocycles. The Morgan fingerprint density at radius 2 is 2.31 bits per heavy atom. The molecule has 0 fully saturated rings. The highest BCUT2D eigenvalue weighted by Crippen LogP contribution is 2.30. The molecule has 0 bridgehead atoms. The zero-order valence-electron chi connectivity index (χ0n) is 8.47. The van der Waals surface area contributed by atoms with Crippen molar-refractivity contribution in [1.29, 1.82) is 0 Å². The molecule has 0 amide bonds. The van der Waals surface area contributed by atoms with E-state index < -0.39 is 0 Å². The molecule has 3 rings (SSSR count). The molecule has 0 saturated heterocycles. The van der Waals surface area contributed by atoms with Crippen LogP contribution >= 0.6 is 11.3 Å². The first-order valence-electron chi connectivity index (χ1n) is 4.99. The van der Waals surface area contributed by atoms with Crippen molar-refractivity contribution in [3.63, 3.8) is 0 Å². The summed E-state index contributed by atoms with van der Waals surface area (Å²) in [5.41, 5.74) is 3.09. The quantitative estimate of drug-likeness (QED) is 0.711. The number of hydrogen-bond donors (Lipinski definition) is 2. The number of aliphatic hydroxyl groups is 1. The van der Waals surface area contributed by atoms with Crippen LogP contribution in [-0.2, 0) is 6.61 Å². The summed E-state index contributed by atoms with van der Waals surface area (Å²) in [6.07, 6.45) is 3.76. The standard InChI is InChI=1S/C12H10N2OS/c15-7-8-1-2-11-9(5-8)10(6-14-11)12-13-3-4-16-12/h1-6,14-15H,7H2. The SMILES string of the molecule is OCc1ccc2[nH]cc(-c3nccs3)c2c1. The largest absolute Gasteiger partial charge is 0.392 e. The predicted octanol–water partition coefficient (Wildman–Crippen LogP) is 2.78. The van der Waals surface area contributed by atoms with Crippen LogP contribution in [0.25, 0.3) is 21.5 Å². The molecule has 16 heavy (non-hydrogen) atoms. The molecule has 0 aliphatic heterocycles. The Bertz CT molecular complexity index is 613. The Balaban J connectivity index is 2.25. The fourth-order valence-corrected chi connectivity index (χ4v) is 2.47. The van der Waals surface area contributed by atoms with Crippen molar-refractivity contribution >= 4 is 22.2 Å². The Morgan fingerprint density at radius 3 is 3.06 bits per heavy atom. The van der Waals surface area contributed by atoms with Gasteiger partial charge in [0.15, 0.2) is 0 Å². The lowest BCUT2D eigenvalue weighted by atomic mass is 10.1. The van der Waals surface area contributed by atoms with E-state index in [-0.39, 0.29) is 6.61 Å². The van der Waals surface area contributed by atoms with Crippen molar-refractivity contribution in [2.75, 3.05) is 0 Å². The first kappa shape index (κ1) is 9.57. The average Bonchev–Trinajstić information content (AvgIpc) is 2.96. The number of H-pyrrole nitrogens is 1. The van der Waals surface area contributed by atoms with Crippen LogP contribution in [0.3, 0.4) is 0 Å². The predicted molar refractivity (Wildman–Crippen MR) is 65.3 cm³/mol. The summed E-state index contributed by atoms with van der Waals surface area (Å²) in [5.74, 6) is 0. The number of rotatable bonds is 2. The Morgan fingerprint density at radius 1 is 1.38 bits per heavy atom. The van der Waals surface area contributed by atoms with Gasteiger partial charge in [0, 0.05) is 34.2 Å². The fourth-order valence-electron chi connectivity index (χ4n) is 1.80. The third-order valence-corrected chi connectivity index (χ3v) is 3.40. The van der Waals surface area contributed by atoms with Gasteiger partial charge in [0.2, 0.25) is 0 Å². The van der Waals surface area contributed by atoms with Crippen LogP contribution in [0, 0.1) is 0 Å². The molecule has 0 radical (unpaired) electrons. The van der Waals surface area contributed by atoms with Gasteiger partial charge in [-0.15, -0.1) is 11.3 Å². The van der Waals surface area contributed by atoms with Crippen LogP contribution in [0.5, 0.6) is 0 Å². The number of aromatic nitrogens is 2. The molecule has 3 aromatic rings. The van der Waals surface area contributed by atoms with Crippen LogP contribution in [0.1, 0.15) is 5.56 Å². The lowest BCUT2D eigenvalue weighted by molar-refractivity contribution is 0.282. The molecule has 4 heteroatoms. The minimum Gasteiger partial charge on any atom is -0.392 e. The number of aliphatic hydroxyl groups excluding tert-OH is 1. The van der Waals surface area contributed by atoms with Crippen molar-refractivity contribution in [2.45, 2.75) is 6.61 Å². The topological polar surface area (TPSA) is 48.9 Å². The second-order valence-electron chi connectivity index (χ2n) is 3.58. The molecule has 0 unspecified atom stereocenters. The smallest absolute Gasteiger partial charge is 0.125 e. The molecule has 80 valence electrons. The van der Waals surface area contributed by atoms with Crippen molar-refractivity contribution in [3.8, 4) is 10.6 Å². The summed E-state index contributed by atoms with van der Waals surface area (Å²) in [5, 5.41) is 13.2. The minimum absolute atomic E-state index is 0.0679. The second-order valence-corrected chi connectivity index (χ2v) is 4.47. The summed E-state index contributed by atoms with van der Waals surface area (Å²) < 4.78 is 0. The molecule has 3 nitrogen and oxygen atoms in total. The van der Waals surface area contributed by atoms with Gasteiger partial charge in [-0.3, -0.25) is 0 Å². The van der Waals surface area contributed by atoms with Gasteiger partial charge >= 0.3 is 0 Å². The number of benzene rings is 1. The van der Waals surface area contributed by atoms with Crippen LogP contribution in [-0.4, -0.2) is 15.1 Å². The van der Waals surface area contributed by atoms with E-state index in [4.69, 9.17) is 5.11 Å². The average molecular weight is 230 g/mol. The van der Waals surface area contributed by atoms with E-state index in [1.807, 2.05) is 29.8 Å². The lowest BCUT2D eigenvalue weighted by Gasteiger charge is -1.98. The fraction of sp³-hybridized carbons (Fsp3) is 0.0833. The third kappa shape index (κ3) is 1.43. The van der Waals surface area contributed by atoms with E-state index >= 15 is 0 Å². The van der Waals surface area contributed by atoms with Gasteiger partial charge < -0.3 is 10.1 Å². The molecule has 0 aliphatic rings. The van der Waals surface area contributed by atoms with Gasteiger partial charge in [-0.2, -0.15) is 0 Å². The van der Waals surface area contributed by atoms with Gasteiger partial charge in [-0.1, -0.05) is 6.07 Å². The molecule has 0 spiro atoms. The zero-order valence-corrected chi connectivity index (χ0v) is 9.29. The van der Waals surface area contributed by atoms with E-state index in [1.165, 1.54) is 0 Å². The Hall–Kier alpha value is -1.65.